The van der Waals surface area contributed by atoms with Crippen molar-refractivity contribution in [3.63, 3.8) is 0 Å². The van der Waals surface area contributed by atoms with E-state index >= 15 is 0 Å². The number of carbonyl (C=O) groups excluding carboxylic acids is 2. The fourth-order valence-electron chi connectivity index (χ4n) is 6.30. The summed E-state index contributed by atoms with van der Waals surface area (Å²) in [5.74, 6) is 0.711. The smallest absolute Gasteiger partial charge is 0.264 e. The molecule has 3 fully saturated rings. The molecular weight excluding hydrogens is 488 g/mol. The number of carbonyl (C=O) groups is 2. The average Bonchev–Trinajstić information content (AvgIpc) is 3.67. The third-order valence-electron chi connectivity index (χ3n) is 8.37. The maximum atomic E-state index is 13.6. The normalized spacial score (nSPS) is 27.4. The molecule has 8 heteroatoms. The molecule has 1 saturated heterocycles. The first-order chi connectivity index (χ1) is 17.6. The molecule has 0 radical (unpaired) electrons. The summed E-state index contributed by atoms with van der Waals surface area (Å²) < 4.78 is 0. The van der Waals surface area contributed by atoms with E-state index in [1.165, 1.54) is 48.3 Å². The summed E-state index contributed by atoms with van der Waals surface area (Å²) in [5, 5.41) is 7.37. The highest BCUT2D eigenvalue weighted by molar-refractivity contribution is 7.12. The Morgan fingerprint density at radius 3 is 2.44 bits per heavy atom. The first-order valence-corrected chi connectivity index (χ1v) is 15.5. The molecule has 3 heterocycles. The molecule has 5 rings (SSSR count). The molecule has 196 valence electrons. The van der Waals surface area contributed by atoms with Gasteiger partial charge in [-0.05, 0) is 73.8 Å². The summed E-state index contributed by atoms with van der Waals surface area (Å²) in [7, 11) is 0. The zero-order valence-corrected chi connectivity index (χ0v) is 22.8. The largest absolute Gasteiger partial charge is 0.352 e. The van der Waals surface area contributed by atoms with Crippen LogP contribution in [0.5, 0.6) is 0 Å². The van der Waals surface area contributed by atoms with Gasteiger partial charge >= 0.3 is 0 Å². The zero-order valence-electron chi connectivity index (χ0n) is 21.1. The maximum absolute atomic E-state index is 13.6. The molecule has 3 N–H and O–H groups in total. The molecule has 2 saturated carbocycles. The lowest BCUT2D eigenvalue weighted by molar-refractivity contribution is -0.125. The van der Waals surface area contributed by atoms with Crippen LogP contribution in [-0.4, -0.2) is 58.9 Å². The van der Waals surface area contributed by atoms with Crippen molar-refractivity contribution >= 4 is 34.5 Å². The van der Waals surface area contributed by atoms with Crippen LogP contribution in [0.2, 0.25) is 0 Å². The van der Waals surface area contributed by atoms with Crippen LogP contribution >= 0.6 is 22.7 Å². The van der Waals surface area contributed by atoms with Crippen LogP contribution in [0.15, 0.2) is 35.0 Å². The van der Waals surface area contributed by atoms with E-state index in [0.29, 0.717) is 23.8 Å². The van der Waals surface area contributed by atoms with Gasteiger partial charge in [0.15, 0.2) is 0 Å². The van der Waals surface area contributed by atoms with Gasteiger partial charge in [0.05, 0.1) is 4.88 Å². The third kappa shape index (κ3) is 6.39. The van der Waals surface area contributed by atoms with E-state index < -0.39 is 6.04 Å². The van der Waals surface area contributed by atoms with E-state index in [4.69, 9.17) is 5.73 Å². The summed E-state index contributed by atoms with van der Waals surface area (Å²) in [6.45, 7) is 2.57. The Kier molecular flexibility index (Phi) is 8.78. The first-order valence-electron chi connectivity index (χ1n) is 13.7. The van der Waals surface area contributed by atoms with E-state index in [1.54, 1.807) is 11.3 Å². The predicted molar refractivity (Wildman–Crippen MR) is 147 cm³/mol. The lowest BCUT2D eigenvalue weighted by atomic mass is 9.88. The Labute approximate surface area is 223 Å². The monoisotopic (exact) mass is 528 g/mol. The topological polar surface area (TPSA) is 78.7 Å². The number of likely N-dealkylation sites (tertiary alicyclic amines) is 1. The van der Waals surface area contributed by atoms with Crippen LogP contribution in [0.3, 0.4) is 0 Å². The van der Waals surface area contributed by atoms with Crippen molar-refractivity contribution in [2.45, 2.75) is 94.9 Å². The zero-order chi connectivity index (χ0) is 24.9. The number of nitrogens with two attached hydrogens (primary N) is 1. The molecule has 2 aromatic heterocycles. The number of hydrogen-bond acceptors (Lipinski definition) is 6. The number of rotatable bonds is 8. The highest BCUT2D eigenvalue weighted by Crippen LogP contribution is 2.31. The number of hydrogen-bond donors (Lipinski definition) is 2. The number of nitrogens with zero attached hydrogens (tertiary/aromatic N) is 2. The van der Waals surface area contributed by atoms with Gasteiger partial charge in [0.1, 0.15) is 6.04 Å². The molecule has 6 nitrogen and oxygen atoms in total. The van der Waals surface area contributed by atoms with Gasteiger partial charge in [-0.2, -0.15) is 0 Å². The van der Waals surface area contributed by atoms with Crippen molar-refractivity contribution in [3.05, 3.63) is 44.8 Å². The molecule has 2 amide bonds. The van der Waals surface area contributed by atoms with Crippen LogP contribution < -0.4 is 11.1 Å². The Balaban J connectivity index is 1.34. The molecule has 0 aromatic carbocycles. The molecule has 2 aromatic rings. The summed E-state index contributed by atoms with van der Waals surface area (Å²) in [6.07, 6.45) is 11.0. The second kappa shape index (κ2) is 12.2. The molecule has 2 unspecified atom stereocenters. The van der Waals surface area contributed by atoms with Gasteiger partial charge < -0.3 is 16.0 Å². The Bertz CT molecular complexity index is 966. The van der Waals surface area contributed by atoms with Crippen molar-refractivity contribution in [1.29, 1.82) is 0 Å². The summed E-state index contributed by atoms with van der Waals surface area (Å²) in [6, 6.07) is 8.30. The lowest BCUT2D eigenvalue weighted by Gasteiger charge is -2.33. The molecule has 2 atom stereocenters. The third-order valence-corrected chi connectivity index (χ3v) is 10.1. The van der Waals surface area contributed by atoms with E-state index in [9.17, 15) is 9.59 Å². The quantitative estimate of drug-likeness (QED) is 0.513. The molecule has 0 spiro atoms. The summed E-state index contributed by atoms with van der Waals surface area (Å²) in [4.78, 5) is 33.7. The number of thiophene rings is 2. The SMILES string of the molecule is NC1CCC(NC(=O)C2CC(N(Cc3cccs3)CC3CCCCC3)CN2C(=O)c2cccs2)CC1. The second-order valence-corrected chi connectivity index (χ2v) is 13.0. The van der Waals surface area contributed by atoms with E-state index in [1.807, 2.05) is 22.4 Å². The van der Waals surface area contributed by atoms with Crippen LogP contribution in [0, 0.1) is 5.92 Å². The molecular formula is C28H40N4O2S2. The minimum atomic E-state index is -0.419. The lowest BCUT2D eigenvalue weighted by Crippen LogP contribution is -2.50. The van der Waals surface area contributed by atoms with Crippen LogP contribution in [0.4, 0.5) is 0 Å². The Morgan fingerprint density at radius 1 is 1.00 bits per heavy atom. The fourth-order valence-corrected chi connectivity index (χ4v) is 7.71. The molecule has 36 heavy (non-hydrogen) atoms. The van der Waals surface area contributed by atoms with Gasteiger partial charge in [-0.25, -0.2) is 0 Å². The minimum absolute atomic E-state index is 0.00736. The average molecular weight is 529 g/mol. The highest BCUT2D eigenvalue weighted by Gasteiger charge is 2.43. The second-order valence-electron chi connectivity index (χ2n) is 11.0. The number of nitrogens with one attached hydrogen (secondary N) is 1. The van der Waals surface area contributed by atoms with Gasteiger partial charge in [0, 0.05) is 42.6 Å². The Morgan fingerprint density at radius 2 is 1.75 bits per heavy atom. The van der Waals surface area contributed by atoms with E-state index in [-0.39, 0.29) is 29.9 Å². The van der Waals surface area contributed by atoms with Gasteiger partial charge in [-0.15, -0.1) is 22.7 Å². The van der Waals surface area contributed by atoms with Crippen LogP contribution in [-0.2, 0) is 11.3 Å². The minimum Gasteiger partial charge on any atom is -0.352 e. The molecule has 0 bridgehead atoms. The highest BCUT2D eigenvalue weighted by atomic mass is 32.1. The maximum Gasteiger partial charge on any atom is 0.264 e. The van der Waals surface area contributed by atoms with Crippen molar-refractivity contribution in [2.75, 3.05) is 13.1 Å². The van der Waals surface area contributed by atoms with Gasteiger partial charge in [0.2, 0.25) is 5.91 Å². The number of amides is 2. The van der Waals surface area contributed by atoms with E-state index in [2.05, 4.69) is 27.7 Å². The predicted octanol–water partition coefficient (Wildman–Crippen LogP) is 4.86. The summed E-state index contributed by atoms with van der Waals surface area (Å²) in [5.41, 5.74) is 6.08. The van der Waals surface area contributed by atoms with Crippen LogP contribution in [0.1, 0.15) is 78.8 Å². The first kappa shape index (κ1) is 25.9. The standard InChI is InChI=1S/C28H40N4O2S2/c29-21-10-12-22(13-11-21)30-27(33)25-16-23(18-32(25)28(34)26-9-5-15-36-26)31(19-24-8-4-14-35-24)17-20-6-2-1-3-7-20/h4-5,8-9,14-15,20-23,25H,1-3,6-7,10-13,16-19,29H2,(H,30,33). The van der Waals surface area contributed by atoms with Crippen molar-refractivity contribution < 1.29 is 9.59 Å². The van der Waals surface area contributed by atoms with Gasteiger partial charge in [0.25, 0.3) is 5.91 Å². The van der Waals surface area contributed by atoms with Crippen molar-refractivity contribution in [2.24, 2.45) is 11.7 Å². The van der Waals surface area contributed by atoms with Crippen molar-refractivity contribution in [1.82, 2.24) is 15.1 Å². The summed E-state index contributed by atoms with van der Waals surface area (Å²) >= 11 is 3.26. The van der Waals surface area contributed by atoms with Gasteiger partial charge in [-0.3, -0.25) is 14.5 Å². The fraction of sp³-hybridized carbons (Fsp3) is 0.643. The van der Waals surface area contributed by atoms with Crippen LogP contribution in [0.25, 0.3) is 0 Å². The van der Waals surface area contributed by atoms with Crippen molar-refractivity contribution in [3.8, 4) is 0 Å². The molecule has 1 aliphatic heterocycles. The van der Waals surface area contributed by atoms with Gasteiger partial charge in [-0.1, -0.05) is 31.4 Å². The Hall–Kier alpha value is -1.74. The molecule has 3 aliphatic rings. The molecule has 2 aliphatic carbocycles. The van der Waals surface area contributed by atoms with E-state index in [0.717, 1.165) is 38.8 Å².